The van der Waals surface area contributed by atoms with Crippen molar-refractivity contribution >= 4 is 57.6 Å². The number of amides is 2. The minimum absolute atomic E-state index is 0.209. The maximum Gasteiger partial charge on any atom is 0.353 e. The van der Waals surface area contributed by atoms with Crippen LogP contribution in [0, 0.1) is 5.92 Å². The summed E-state index contributed by atoms with van der Waals surface area (Å²) < 4.78 is 10.5. The molecule has 1 aliphatic rings. The maximum absolute atomic E-state index is 12.6. The number of ether oxygens (including phenoxy) is 2. The Morgan fingerprint density at radius 1 is 1.11 bits per heavy atom. The normalized spacial score (nSPS) is 14.6. The van der Waals surface area contributed by atoms with Gasteiger partial charge in [-0.25, -0.2) is 15.0 Å². The van der Waals surface area contributed by atoms with Crippen LogP contribution in [0.5, 0.6) is 5.75 Å². The highest BCUT2D eigenvalue weighted by atomic mass is 32.1. The van der Waals surface area contributed by atoms with E-state index in [0.29, 0.717) is 32.7 Å². The van der Waals surface area contributed by atoms with Crippen molar-refractivity contribution in [1.82, 2.24) is 5.43 Å². The number of hydrazone groups is 1. The number of anilines is 1. The third-order valence-electron chi connectivity index (χ3n) is 5.62. The zero-order valence-electron chi connectivity index (χ0n) is 20.2. The molecule has 0 saturated heterocycles. The summed E-state index contributed by atoms with van der Waals surface area (Å²) in [5.74, 6) is -2.03. The molecule has 0 spiro atoms. The lowest BCUT2D eigenvalue weighted by molar-refractivity contribution is -0.136. The van der Waals surface area contributed by atoms with Gasteiger partial charge in [-0.3, -0.25) is 9.59 Å². The van der Waals surface area contributed by atoms with Gasteiger partial charge in [0.15, 0.2) is 0 Å². The van der Waals surface area contributed by atoms with Crippen molar-refractivity contribution in [3.8, 4) is 5.75 Å². The smallest absolute Gasteiger partial charge is 0.353 e. The Labute approximate surface area is 221 Å². The second-order valence-corrected chi connectivity index (χ2v) is 10.4. The third-order valence-corrected chi connectivity index (χ3v) is 7.64. The number of thiophene rings is 2. The van der Waals surface area contributed by atoms with E-state index in [-0.39, 0.29) is 6.61 Å². The largest absolute Gasteiger partial charge is 0.462 e. The van der Waals surface area contributed by atoms with Crippen LogP contribution in [0.15, 0.2) is 46.9 Å². The van der Waals surface area contributed by atoms with Crippen LogP contribution < -0.4 is 15.5 Å². The molecule has 2 aromatic heterocycles. The number of fused-ring (bicyclic) bond motifs is 1. The maximum atomic E-state index is 12.6. The molecule has 0 aliphatic heterocycles. The number of carbonyl (C=O) groups excluding carboxylic acids is 4. The molecule has 11 heteroatoms. The Bertz CT molecular complexity index is 1330. The van der Waals surface area contributed by atoms with Crippen molar-refractivity contribution < 1.29 is 28.7 Å². The molecule has 1 aromatic carbocycles. The Morgan fingerprint density at radius 3 is 2.59 bits per heavy atom. The number of nitrogens with zero attached hydrogens (tertiary/aromatic N) is 1. The molecule has 37 heavy (non-hydrogen) atoms. The van der Waals surface area contributed by atoms with E-state index in [0.717, 1.165) is 29.7 Å². The molecule has 2 N–H and O–H groups in total. The number of benzene rings is 1. The van der Waals surface area contributed by atoms with Gasteiger partial charge in [0.05, 0.1) is 18.4 Å². The number of carbonyl (C=O) groups is 4. The number of hydrogen-bond donors (Lipinski definition) is 2. The first kappa shape index (κ1) is 26.2. The van der Waals surface area contributed by atoms with Gasteiger partial charge in [-0.1, -0.05) is 13.0 Å². The van der Waals surface area contributed by atoms with Crippen molar-refractivity contribution in [3.63, 3.8) is 0 Å². The van der Waals surface area contributed by atoms with Crippen LogP contribution in [-0.4, -0.2) is 36.6 Å². The molecule has 1 atom stereocenters. The van der Waals surface area contributed by atoms with Crippen LogP contribution >= 0.6 is 22.7 Å². The number of rotatable bonds is 7. The Balaban J connectivity index is 1.35. The zero-order valence-corrected chi connectivity index (χ0v) is 21.9. The molecule has 2 amide bonds. The van der Waals surface area contributed by atoms with Gasteiger partial charge >= 0.3 is 23.8 Å². The van der Waals surface area contributed by atoms with E-state index in [2.05, 4.69) is 22.8 Å². The highest BCUT2D eigenvalue weighted by molar-refractivity contribution is 7.17. The number of hydrogen-bond acceptors (Lipinski definition) is 9. The molecular formula is C26H25N3O6S2. The Kier molecular flexibility index (Phi) is 8.47. The van der Waals surface area contributed by atoms with Gasteiger partial charge in [0.2, 0.25) is 0 Å². The van der Waals surface area contributed by atoms with E-state index < -0.39 is 23.8 Å². The van der Waals surface area contributed by atoms with Crippen LogP contribution in [0.4, 0.5) is 5.00 Å². The molecule has 0 bridgehead atoms. The minimum atomic E-state index is -0.979. The summed E-state index contributed by atoms with van der Waals surface area (Å²) in [6, 6.07) is 9.93. The Hall–Kier alpha value is -3.83. The van der Waals surface area contributed by atoms with E-state index in [1.54, 1.807) is 48.7 Å². The summed E-state index contributed by atoms with van der Waals surface area (Å²) in [5.41, 5.74) is 4.01. The standard InChI is InChI=1S/C26H25N3O6S2/c1-3-34-26(33)21-18-11-6-15(2)13-20(18)37-24(21)28-22(30)23(31)29-27-14-16-7-9-17(10-8-16)35-25(32)19-5-4-12-36-19/h4-5,7-10,12,14-15H,3,6,11,13H2,1-2H3,(H,28,30)(H,29,31)/b27-14+. The molecule has 0 saturated carbocycles. The van der Waals surface area contributed by atoms with Gasteiger partial charge in [0, 0.05) is 4.88 Å². The first-order valence-electron chi connectivity index (χ1n) is 11.7. The van der Waals surface area contributed by atoms with E-state index in [1.807, 2.05) is 0 Å². The number of esters is 2. The van der Waals surface area contributed by atoms with Gasteiger partial charge in [-0.05, 0) is 78.9 Å². The molecule has 192 valence electrons. The molecule has 1 unspecified atom stereocenters. The summed E-state index contributed by atoms with van der Waals surface area (Å²) in [7, 11) is 0. The Morgan fingerprint density at radius 2 is 1.89 bits per heavy atom. The fourth-order valence-electron chi connectivity index (χ4n) is 3.81. The second kappa shape index (κ2) is 11.9. The zero-order chi connectivity index (χ0) is 26.4. The van der Waals surface area contributed by atoms with Crippen LogP contribution in [0.25, 0.3) is 0 Å². The van der Waals surface area contributed by atoms with Crippen LogP contribution in [0.1, 0.15) is 56.3 Å². The minimum Gasteiger partial charge on any atom is -0.462 e. The second-order valence-electron chi connectivity index (χ2n) is 8.37. The van der Waals surface area contributed by atoms with Crippen molar-refractivity contribution in [1.29, 1.82) is 0 Å². The average molecular weight is 540 g/mol. The highest BCUT2D eigenvalue weighted by Crippen LogP contribution is 2.40. The summed E-state index contributed by atoms with van der Waals surface area (Å²) in [6.45, 7) is 4.07. The van der Waals surface area contributed by atoms with Crippen molar-refractivity contribution in [2.45, 2.75) is 33.1 Å². The van der Waals surface area contributed by atoms with Crippen molar-refractivity contribution in [3.05, 3.63) is 68.2 Å². The topological polar surface area (TPSA) is 123 Å². The summed E-state index contributed by atoms with van der Waals surface area (Å²) in [5, 5.41) is 8.47. The monoisotopic (exact) mass is 539 g/mol. The number of nitrogens with one attached hydrogen (secondary N) is 2. The van der Waals surface area contributed by atoms with Gasteiger partial charge in [-0.15, -0.1) is 22.7 Å². The SMILES string of the molecule is CCOC(=O)c1c(NC(=O)C(=O)N/N=C/c2ccc(OC(=O)c3cccs3)cc2)sc2c1CCC(C)C2. The van der Waals surface area contributed by atoms with E-state index in [1.165, 1.54) is 28.9 Å². The predicted octanol–water partition coefficient (Wildman–Crippen LogP) is 4.42. The van der Waals surface area contributed by atoms with Crippen LogP contribution in [0.3, 0.4) is 0 Å². The molecule has 0 radical (unpaired) electrons. The van der Waals surface area contributed by atoms with Crippen molar-refractivity contribution in [2.75, 3.05) is 11.9 Å². The highest BCUT2D eigenvalue weighted by Gasteiger charge is 2.30. The molecule has 0 fully saturated rings. The summed E-state index contributed by atoms with van der Waals surface area (Å²) >= 11 is 2.59. The molecule has 3 aromatic rings. The lowest BCUT2D eigenvalue weighted by atomic mass is 9.88. The third kappa shape index (κ3) is 6.49. The lowest BCUT2D eigenvalue weighted by Gasteiger charge is -2.18. The van der Waals surface area contributed by atoms with Crippen LogP contribution in [0.2, 0.25) is 0 Å². The molecular weight excluding hydrogens is 514 g/mol. The molecule has 1 aliphatic carbocycles. The van der Waals surface area contributed by atoms with Gasteiger partial charge in [0.25, 0.3) is 0 Å². The summed E-state index contributed by atoms with van der Waals surface area (Å²) in [4.78, 5) is 51.0. The van der Waals surface area contributed by atoms with Gasteiger partial charge in [-0.2, -0.15) is 5.10 Å². The predicted molar refractivity (Wildman–Crippen MR) is 142 cm³/mol. The molecule has 9 nitrogen and oxygen atoms in total. The van der Waals surface area contributed by atoms with Gasteiger partial charge in [0.1, 0.15) is 15.6 Å². The first-order valence-corrected chi connectivity index (χ1v) is 13.4. The van der Waals surface area contributed by atoms with Gasteiger partial charge < -0.3 is 14.8 Å². The van der Waals surface area contributed by atoms with Crippen LogP contribution in [-0.2, 0) is 27.2 Å². The fraction of sp³-hybridized carbons (Fsp3) is 0.269. The fourth-order valence-corrected chi connectivity index (χ4v) is 5.80. The quantitative estimate of drug-likeness (QED) is 0.151. The van der Waals surface area contributed by atoms with Crippen molar-refractivity contribution in [2.24, 2.45) is 11.0 Å². The average Bonchev–Trinajstić information content (AvgIpc) is 3.53. The van der Waals surface area contributed by atoms with E-state index in [9.17, 15) is 19.2 Å². The molecule has 4 rings (SSSR count). The first-order chi connectivity index (χ1) is 17.9. The summed E-state index contributed by atoms with van der Waals surface area (Å²) in [6.07, 6.45) is 3.83. The molecule has 2 heterocycles. The van der Waals surface area contributed by atoms with E-state index >= 15 is 0 Å². The van der Waals surface area contributed by atoms with E-state index in [4.69, 9.17) is 9.47 Å². The lowest BCUT2D eigenvalue weighted by Crippen LogP contribution is -2.32.